The van der Waals surface area contributed by atoms with Gasteiger partial charge in [0.1, 0.15) is 0 Å². The number of halogens is 7. The first kappa shape index (κ1) is 21.5. The van der Waals surface area contributed by atoms with Crippen LogP contribution in [0.2, 0.25) is 0 Å². The van der Waals surface area contributed by atoms with Gasteiger partial charge in [-0.1, -0.05) is 58.8 Å². The molecule has 0 heterocycles. The maximum absolute atomic E-state index is 13.8. The second-order valence-electron chi connectivity index (χ2n) is 5.74. The van der Waals surface area contributed by atoms with Crippen molar-refractivity contribution in [2.45, 2.75) is 89.7 Å². The molecule has 0 spiro atoms. The van der Waals surface area contributed by atoms with Gasteiger partial charge in [0.25, 0.3) is 0 Å². The van der Waals surface area contributed by atoms with Gasteiger partial charge in [0.15, 0.2) is 0 Å². The highest BCUT2D eigenvalue weighted by atomic mass is 19.4. The summed E-state index contributed by atoms with van der Waals surface area (Å²) in [6.07, 6.45) is -2.99. The van der Waals surface area contributed by atoms with Gasteiger partial charge in [-0.05, 0) is 12.8 Å². The molecule has 0 fully saturated rings. The number of hydrogen-bond acceptors (Lipinski definition) is 0. The van der Waals surface area contributed by atoms with Crippen molar-refractivity contribution in [1.82, 2.24) is 0 Å². The van der Waals surface area contributed by atoms with Crippen LogP contribution in [0.25, 0.3) is 0 Å². The highest BCUT2D eigenvalue weighted by Crippen LogP contribution is 2.52. The molecule has 0 aromatic heterocycles. The molecular weight excluding hydrogens is 313 g/mol. The lowest BCUT2D eigenvalue weighted by Gasteiger charge is -2.34. The maximum Gasteiger partial charge on any atom is 0.459 e. The normalized spacial score (nSPS) is 15.1. The molecule has 0 amide bonds. The van der Waals surface area contributed by atoms with Gasteiger partial charge in [0, 0.05) is 5.92 Å². The maximum atomic E-state index is 13.8. The highest BCUT2D eigenvalue weighted by molar-refractivity contribution is 4.95. The Labute approximate surface area is 127 Å². The Bertz CT molecular complexity index is 297. The number of hydrogen-bond donors (Lipinski definition) is 0. The molecule has 0 aromatic rings. The molecule has 0 N–H and O–H groups in total. The quantitative estimate of drug-likeness (QED) is 0.281. The number of unbranched alkanes of at least 4 members (excludes halogenated alkanes) is 5. The van der Waals surface area contributed by atoms with E-state index in [1.807, 2.05) is 6.92 Å². The van der Waals surface area contributed by atoms with Crippen molar-refractivity contribution in [3.63, 3.8) is 0 Å². The van der Waals surface area contributed by atoms with Crippen molar-refractivity contribution < 1.29 is 30.7 Å². The van der Waals surface area contributed by atoms with E-state index in [2.05, 4.69) is 0 Å². The Kier molecular flexibility index (Phi) is 8.77. The lowest BCUT2D eigenvalue weighted by Crippen LogP contribution is -2.55. The summed E-state index contributed by atoms with van der Waals surface area (Å²) < 4.78 is 90.9. The van der Waals surface area contributed by atoms with Gasteiger partial charge in [0.05, 0.1) is 0 Å². The van der Waals surface area contributed by atoms with Crippen molar-refractivity contribution in [3.05, 3.63) is 0 Å². The minimum Gasteiger partial charge on any atom is -0.199 e. The van der Waals surface area contributed by atoms with E-state index in [0.29, 0.717) is 19.3 Å². The predicted molar refractivity (Wildman–Crippen MR) is 72.3 cm³/mol. The van der Waals surface area contributed by atoms with Crippen LogP contribution in [0.1, 0.15) is 71.6 Å². The molecule has 1 atom stereocenters. The zero-order valence-corrected chi connectivity index (χ0v) is 13.1. The van der Waals surface area contributed by atoms with Crippen molar-refractivity contribution >= 4 is 0 Å². The van der Waals surface area contributed by atoms with Gasteiger partial charge in [0.2, 0.25) is 0 Å². The summed E-state index contributed by atoms with van der Waals surface area (Å²) in [5.41, 5.74) is 0. The fourth-order valence-corrected chi connectivity index (χ4v) is 2.41. The fraction of sp³-hybridized carbons (Fsp3) is 1.00. The van der Waals surface area contributed by atoms with Crippen molar-refractivity contribution in [2.75, 3.05) is 0 Å². The molecule has 7 heteroatoms. The lowest BCUT2D eigenvalue weighted by atomic mass is 9.85. The monoisotopic (exact) mass is 338 g/mol. The molecule has 0 aliphatic rings. The van der Waals surface area contributed by atoms with Gasteiger partial charge in [-0.25, -0.2) is 0 Å². The van der Waals surface area contributed by atoms with Crippen LogP contribution < -0.4 is 0 Å². The predicted octanol–water partition coefficient (Wildman–Crippen LogP) is 6.99. The van der Waals surface area contributed by atoms with Gasteiger partial charge in [-0.2, -0.15) is 30.7 Å². The molecule has 0 aliphatic carbocycles. The minimum absolute atomic E-state index is 0.235. The third-order valence-corrected chi connectivity index (χ3v) is 3.85. The average Bonchev–Trinajstić information content (AvgIpc) is 2.40. The van der Waals surface area contributed by atoms with Crippen LogP contribution in [0.3, 0.4) is 0 Å². The molecule has 0 bridgehead atoms. The van der Waals surface area contributed by atoms with Crippen molar-refractivity contribution in [1.29, 1.82) is 0 Å². The van der Waals surface area contributed by atoms with Crippen LogP contribution in [0.4, 0.5) is 30.7 Å². The molecule has 0 saturated carbocycles. The molecule has 1 unspecified atom stereocenters. The van der Waals surface area contributed by atoms with Crippen LogP contribution in [0.15, 0.2) is 0 Å². The summed E-state index contributed by atoms with van der Waals surface area (Å²) in [4.78, 5) is 0. The van der Waals surface area contributed by atoms with E-state index < -0.39 is 23.9 Å². The van der Waals surface area contributed by atoms with Gasteiger partial charge in [-0.3, -0.25) is 0 Å². The Morgan fingerprint density at radius 1 is 0.636 bits per heavy atom. The van der Waals surface area contributed by atoms with Gasteiger partial charge < -0.3 is 0 Å². The Morgan fingerprint density at radius 2 is 1.05 bits per heavy atom. The highest BCUT2D eigenvalue weighted by Gasteiger charge is 2.74. The molecule has 0 rings (SSSR count). The molecule has 0 aromatic carbocycles. The SMILES string of the molecule is CCCCCCC(CCCCC)C(F)(F)C(F)(F)C(F)(F)F. The largest absolute Gasteiger partial charge is 0.459 e. The lowest BCUT2D eigenvalue weighted by molar-refractivity contribution is -0.366. The third kappa shape index (κ3) is 5.61. The van der Waals surface area contributed by atoms with E-state index >= 15 is 0 Å². The summed E-state index contributed by atoms with van der Waals surface area (Å²) in [5.74, 6) is -13.0. The number of alkyl halides is 7. The first-order valence-electron chi connectivity index (χ1n) is 7.84. The Balaban J connectivity index is 5.01. The second-order valence-corrected chi connectivity index (χ2v) is 5.74. The van der Waals surface area contributed by atoms with E-state index in [0.717, 1.165) is 12.8 Å². The second kappa shape index (κ2) is 8.96. The molecule has 0 radical (unpaired) electrons. The molecule has 22 heavy (non-hydrogen) atoms. The topological polar surface area (TPSA) is 0 Å². The van der Waals surface area contributed by atoms with E-state index in [1.54, 1.807) is 6.92 Å². The first-order valence-corrected chi connectivity index (χ1v) is 7.84. The van der Waals surface area contributed by atoms with E-state index in [1.165, 1.54) is 0 Å². The van der Waals surface area contributed by atoms with Crippen molar-refractivity contribution in [2.24, 2.45) is 5.92 Å². The van der Waals surface area contributed by atoms with E-state index in [4.69, 9.17) is 0 Å². The summed E-state index contributed by atoms with van der Waals surface area (Å²) >= 11 is 0. The summed E-state index contributed by atoms with van der Waals surface area (Å²) in [6.45, 7) is 3.70. The van der Waals surface area contributed by atoms with Crippen molar-refractivity contribution in [3.8, 4) is 0 Å². The molecule has 0 nitrogen and oxygen atoms in total. The van der Waals surface area contributed by atoms with E-state index in [9.17, 15) is 30.7 Å². The van der Waals surface area contributed by atoms with Crippen LogP contribution in [-0.4, -0.2) is 18.0 Å². The number of rotatable bonds is 11. The molecule has 0 aliphatic heterocycles. The van der Waals surface area contributed by atoms with Gasteiger partial charge in [-0.15, -0.1) is 0 Å². The zero-order chi connectivity index (χ0) is 17.4. The Morgan fingerprint density at radius 3 is 1.45 bits per heavy atom. The van der Waals surface area contributed by atoms with E-state index in [-0.39, 0.29) is 25.7 Å². The Hall–Kier alpha value is -0.490. The summed E-state index contributed by atoms with van der Waals surface area (Å²) in [5, 5.41) is 0. The summed E-state index contributed by atoms with van der Waals surface area (Å²) in [7, 11) is 0. The van der Waals surface area contributed by atoms with Crippen LogP contribution in [0.5, 0.6) is 0 Å². The van der Waals surface area contributed by atoms with Crippen LogP contribution >= 0.6 is 0 Å². The zero-order valence-electron chi connectivity index (χ0n) is 13.1. The van der Waals surface area contributed by atoms with Crippen LogP contribution in [-0.2, 0) is 0 Å². The van der Waals surface area contributed by atoms with Crippen LogP contribution in [0, 0.1) is 5.92 Å². The fourth-order valence-electron chi connectivity index (χ4n) is 2.41. The summed E-state index contributed by atoms with van der Waals surface area (Å²) in [6, 6.07) is 0. The van der Waals surface area contributed by atoms with Gasteiger partial charge >= 0.3 is 18.0 Å². The third-order valence-electron chi connectivity index (χ3n) is 3.85. The molecule has 0 saturated heterocycles. The smallest absolute Gasteiger partial charge is 0.199 e. The first-order chi connectivity index (χ1) is 10.0. The molecule has 134 valence electrons. The standard InChI is InChI=1S/C15H25F7/c1-3-5-7-9-11-12(10-8-6-4-2)13(16,17)14(18,19)15(20,21)22/h12H,3-11H2,1-2H3. The minimum atomic E-state index is -6.23. The average molecular weight is 338 g/mol. The molecular formula is C15H25F7.